The second kappa shape index (κ2) is 4.49. The van der Waals surface area contributed by atoms with Crippen molar-refractivity contribution in [2.45, 2.75) is 32.4 Å². The molecule has 1 unspecified atom stereocenters. The molecule has 1 rings (SSSR count). The molecule has 0 fully saturated rings. The van der Waals surface area contributed by atoms with Crippen LogP contribution in [0, 0.1) is 10.1 Å². The summed E-state index contributed by atoms with van der Waals surface area (Å²) >= 11 is 0. The van der Waals surface area contributed by atoms with Crippen molar-refractivity contribution < 1.29 is 10.0 Å². The van der Waals surface area contributed by atoms with Gasteiger partial charge in [-0.3, -0.25) is 10.1 Å². The molecule has 0 aromatic heterocycles. The molecule has 1 aromatic rings. The molecule has 1 atom stereocenters. The van der Waals surface area contributed by atoms with Crippen molar-refractivity contribution in [2.75, 3.05) is 5.32 Å². The molecule has 0 saturated heterocycles. The lowest BCUT2D eigenvalue weighted by Crippen LogP contribution is -2.39. The number of rotatable bonds is 4. The lowest BCUT2D eigenvalue weighted by molar-refractivity contribution is -0.384. The summed E-state index contributed by atoms with van der Waals surface area (Å²) in [6.07, 6.45) is 0. The van der Waals surface area contributed by atoms with Gasteiger partial charge in [-0.25, -0.2) is 0 Å². The number of nitrogens with zero attached hydrogens (tertiary/aromatic N) is 1. The van der Waals surface area contributed by atoms with E-state index in [0.717, 1.165) is 0 Å². The van der Waals surface area contributed by atoms with Crippen LogP contribution in [0.3, 0.4) is 0 Å². The average molecular weight is 224 g/mol. The first-order valence-electron chi connectivity index (χ1n) is 5.04. The van der Waals surface area contributed by atoms with E-state index in [1.807, 2.05) is 0 Å². The molecule has 0 radical (unpaired) electrons. The summed E-state index contributed by atoms with van der Waals surface area (Å²) in [5.74, 6) is 0. The van der Waals surface area contributed by atoms with Gasteiger partial charge in [-0.05, 0) is 26.8 Å². The molecule has 88 valence electrons. The van der Waals surface area contributed by atoms with Crippen molar-refractivity contribution in [1.82, 2.24) is 0 Å². The number of anilines is 1. The largest absolute Gasteiger partial charge is 0.388 e. The lowest BCUT2D eigenvalue weighted by atomic mass is 10.0. The SMILES string of the molecule is CC(Nc1ccccc1[N+](=O)[O-])C(C)(C)O. The molecule has 0 saturated carbocycles. The first-order chi connectivity index (χ1) is 7.32. The summed E-state index contributed by atoms with van der Waals surface area (Å²) in [7, 11) is 0. The van der Waals surface area contributed by atoms with Crippen molar-refractivity contribution in [2.24, 2.45) is 0 Å². The first-order valence-corrected chi connectivity index (χ1v) is 5.04. The topological polar surface area (TPSA) is 75.4 Å². The Morgan fingerprint density at radius 1 is 1.44 bits per heavy atom. The predicted molar refractivity (Wildman–Crippen MR) is 62.5 cm³/mol. The fourth-order valence-corrected chi connectivity index (χ4v) is 1.16. The van der Waals surface area contributed by atoms with Gasteiger partial charge in [-0.2, -0.15) is 0 Å². The molecule has 0 heterocycles. The van der Waals surface area contributed by atoms with Crippen LogP contribution in [0.25, 0.3) is 0 Å². The van der Waals surface area contributed by atoms with Gasteiger partial charge < -0.3 is 10.4 Å². The summed E-state index contributed by atoms with van der Waals surface area (Å²) in [5.41, 5.74) is -0.510. The van der Waals surface area contributed by atoms with Gasteiger partial charge in [0.1, 0.15) is 5.69 Å². The molecule has 0 spiro atoms. The van der Waals surface area contributed by atoms with Gasteiger partial charge in [0.25, 0.3) is 5.69 Å². The molecular weight excluding hydrogens is 208 g/mol. The quantitative estimate of drug-likeness (QED) is 0.607. The number of hydrogen-bond acceptors (Lipinski definition) is 4. The van der Waals surface area contributed by atoms with Crippen LogP contribution >= 0.6 is 0 Å². The van der Waals surface area contributed by atoms with Crippen LogP contribution in [-0.2, 0) is 0 Å². The van der Waals surface area contributed by atoms with Crippen LogP contribution < -0.4 is 5.32 Å². The summed E-state index contributed by atoms with van der Waals surface area (Å²) in [6, 6.07) is 6.10. The Kier molecular flexibility index (Phi) is 3.49. The van der Waals surface area contributed by atoms with Crippen molar-refractivity contribution in [3.8, 4) is 0 Å². The minimum atomic E-state index is -0.941. The maximum Gasteiger partial charge on any atom is 0.292 e. The van der Waals surface area contributed by atoms with Crippen molar-refractivity contribution in [3.05, 3.63) is 34.4 Å². The van der Waals surface area contributed by atoms with E-state index in [1.54, 1.807) is 39.0 Å². The molecule has 16 heavy (non-hydrogen) atoms. The minimum absolute atomic E-state index is 0.0126. The van der Waals surface area contributed by atoms with Gasteiger partial charge in [0.2, 0.25) is 0 Å². The second-order valence-electron chi connectivity index (χ2n) is 4.29. The van der Waals surface area contributed by atoms with E-state index in [-0.39, 0.29) is 11.7 Å². The van der Waals surface area contributed by atoms with Crippen LogP contribution in [0.2, 0.25) is 0 Å². The van der Waals surface area contributed by atoms with Gasteiger partial charge in [0, 0.05) is 6.07 Å². The van der Waals surface area contributed by atoms with E-state index in [4.69, 9.17) is 0 Å². The summed E-state index contributed by atoms with van der Waals surface area (Å²) in [4.78, 5) is 10.3. The monoisotopic (exact) mass is 224 g/mol. The Labute approximate surface area is 94.3 Å². The highest BCUT2D eigenvalue weighted by atomic mass is 16.6. The van der Waals surface area contributed by atoms with Crippen LogP contribution in [0.4, 0.5) is 11.4 Å². The fourth-order valence-electron chi connectivity index (χ4n) is 1.16. The van der Waals surface area contributed by atoms with Gasteiger partial charge in [-0.1, -0.05) is 12.1 Å². The van der Waals surface area contributed by atoms with Crippen LogP contribution in [0.5, 0.6) is 0 Å². The molecule has 5 heteroatoms. The van der Waals surface area contributed by atoms with Crippen molar-refractivity contribution in [3.63, 3.8) is 0 Å². The van der Waals surface area contributed by atoms with Gasteiger partial charge in [-0.15, -0.1) is 0 Å². The van der Waals surface area contributed by atoms with E-state index in [1.165, 1.54) is 6.07 Å². The third kappa shape index (κ3) is 2.93. The first kappa shape index (κ1) is 12.4. The minimum Gasteiger partial charge on any atom is -0.388 e. The Morgan fingerprint density at radius 3 is 2.50 bits per heavy atom. The number of nitro benzene ring substituents is 1. The molecule has 0 amide bonds. The number of aliphatic hydroxyl groups is 1. The van der Waals surface area contributed by atoms with Crippen molar-refractivity contribution in [1.29, 1.82) is 0 Å². The molecule has 0 aliphatic carbocycles. The fraction of sp³-hybridized carbons (Fsp3) is 0.455. The van der Waals surface area contributed by atoms with Crippen LogP contribution in [-0.4, -0.2) is 21.7 Å². The zero-order chi connectivity index (χ0) is 12.3. The van der Waals surface area contributed by atoms with Gasteiger partial charge in [0.15, 0.2) is 0 Å². The van der Waals surface area contributed by atoms with Crippen LogP contribution in [0.15, 0.2) is 24.3 Å². The summed E-state index contributed by atoms with van der Waals surface area (Å²) < 4.78 is 0. The molecular formula is C11H16N2O3. The maximum absolute atomic E-state index is 10.8. The van der Waals surface area contributed by atoms with E-state index in [9.17, 15) is 15.2 Å². The molecule has 2 N–H and O–H groups in total. The Bertz CT molecular complexity index is 385. The lowest BCUT2D eigenvalue weighted by Gasteiger charge is -2.27. The van der Waals surface area contributed by atoms with Crippen molar-refractivity contribution >= 4 is 11.4 Å². The Balaban J connectivity index is 2.93. The number of benzene rings is 1. The molecule has 0 bridgehead atoms. The van der Waals surface area contributed by atoms with Crippen LogP contribution in [0.1, 0.15) is 20.8 Å². The maximum atomic E-state index is 10.8. The van der Waals surface area contributed by atoms with Gasteiger partial charge >= 0.3 is 0 Å². The molecule has 5 nitrogen and oxygen atoms in total. The Hall–Kier alpha value is -1.62. The Morgan fingerprint density at radius 2 is 2.00 bits per heavy atom. The number of nitro groups is 1. The zero-order valence-corrected chi connectivity index (χ0v) is 9.60. The third-order valence-electron chi connectivity index (χ3n) is 2.53. The highest BCUT2D eigenvalue weighted by molar-refractivity contribution is 5.61. The molecule has 0 aliphatic rings. The standard InChI is InChI=1S/C11H16N2O3/c1-8(11(2,3)14)12-9-6-4-5-7-10(9)13(15)16/h4-8,12,14H,1-3H3. The van der Waals surface area contributed by atoms with E-state index in [2.05, 4.69) is 5.32 Å². The van der Waals surface area contributed by atoms with E-state index in [0.29, 0.717) is 5.69 Å². The normalized spacial score (nSPS) is 13.2. The number of nitrogens with one attached hydrogen (secondary N) is 1. The number of para-hydroxylation sites is 2. The highest BCUT2D eigenvalue weighted by Gasteiger charge is 2.24. The smallest absolute Gasteiger partial charge is 0.292 e. The van der Waals surface area contributed by atoms with E-state index < -0.39 is 10.5 Å². The van der Waals surface area contributed by atoms with Gasteiger partial charge in [0.05, 0.1) is 16.6 Å². The number of hydrogen-bond donors (Lipinski definition) is 2. The van der Waals surface area contributed by atoms with E-state index >= 15 is 0 Å². The summed E-state index contributed by atoms with van der Waals surface area (Å²) in [5, 5.41) is 23.4. The third-order valence-corrected chi connectivity index (χ3v) is 2.53. The summed E-state index contributed by atoms with van der Waals surface area (Å²) in [6.45, 7) is 5.08. The zero-order valence-electron chi connectivity index (χ0n) is 9.60. The second-order valence-corrected chi connectivity index (χ2v) is 4.29. The predicted octanol–water partition coefficient (Wildman–Crippen LogP) is 2.17. The molecule has 0 aliphatic heterocycles. The average Bonchev–Trinajstić information content (AvgIpc) is 2.16. The highest BCUT2D eigenvalue weighted by Crippen LogP contribution is 2.25. The molecule has 1 aromatic carbocycles.